The van der Waals surface area contributed by atoms with E-state index in [0.717, 1.165) is 43.3 Å². The van der Waals surface area contributed by atoms with Crippen LogP contribution in [-0.4, -0.2) is 59.7 Å². The van der Waals surface area contributed by atoms with Gasteiger partial charge in [0.15, 0.2) is 6.29 Å². The molecule has 0 aliphatic carbocycles. The second-order valence-corrected chi connectivity index (χ2v) is 7.10. The van der Waals surface area contributed by atoms with Gasteiger partial charge in [-0.2, -0.15) is 0 Å². The van der Waals surface area contributed by atoms with Crippen LogP contribution in [-0.2, 0) is 6.42 Å². The number of piperazine rings is 1. The molecule has 28 heavy (non-hydrogen) atoms. The van der Waals surface area contributed by atoms with Crippen LogP contribution in [0, 0.1) is 5.82 Å². The number of nitrogens with one attached hydrogen (secondary N) is 1. The van der Waals surface area contributed by atoms with Gasteiger partial charge in [0.05, 0.1) is 11.1 Å². The SMILES string of the molecule is O=Cc1c[nH]c2c(C(=O)N3CCN(CCc4ccc(F)cc4)CC3)cccc12. The van der Waals surface area contributed by atoms with Gasteiger partial charge in [0.2, 0.25) is 0 Å². The van der Waals surface area contributed by atoms with Crippen molar-refractivity contribution in [2.24, 2.45) is 0 Å². The van der Waals surface area contributed by atoms with Crippen molar-refractivity contribution in [3.8, 4) is 0 Å². The van der Waals surface area contributed by atoms with Crippen molar-refractivity contribution < 1.29 is 14.0 Å². The predicted molar refractivity (Wildman–Crippen MR) is 106 cm³/mol. The van der Waals surface area contributed by atoms with Crippen LogP contribution in [0.5, 0.6) is 0 Å². The fraction of sp³-hybridized carbons (Fsp3) is 0.273. The summed E-state index contributed by atoms with van der Waals surface area (Å²) in [6.45, 7) is 3.85. The minimum absolute atomic E-state index is 0.0110. The molecule has 1 N–H and O–H groups in total. The van der Waals surface area contributed by atoms with Crippen LogP contribution in [0.4, 0.5) is 4.39 Å². The smallest absolute Gasteiger partial charge is 0.256 e. The van der Waals surface area contributed by atoms with Gasteiger partial charge in [-0.1, -0.05) is 24.3 Å². The normalized spacial score (nSPS) is 15.1. The first-order valence-corrected chi connectivity index (χ1v) is 9.47. The number of carbonyl (C=O) groups is 2. The number of halogens is 1. The van der Waals surface area contributed by atoms with Gasteiger partial charge in [0.1, 0.15) is 5.82 Å². The summed E-state index contributed by atoms with van der Waals surface area (Å²) in [4.78, 5) is 31.4. The monoisotopic (exact) mass is 379 g/mol. The van der Waals surface area contributed by atoms with Crippen molar-refractivity contribution in [1.29, 1.82) is 0 Å². The zero-order valence-electron chi connectivity index (χ0n) is 15.5. The van der Waals surface area contributed by atoms with Crippen LogP contribution in [0.2, 0.25) is 0 Å². The van der Waals surface area contributed by atoms with Crippen LogP contribution in [0.25, 0.3) is 10.9 Å². The number of aldehydes is 1. The maximum absolute atomic E-state index is 13.0. The lowest BCUT2D eigenvalue weighted by Crippen LogP contribution is -2.49. The van der Waals surface area contributed by atoms with Crippen molar-refractivity contribution >= 4 is 23.1 Å². The van der Waals surface area contributed by atoms with E-state index in [1.165, 1.54) is 12.1 Å². The Labute approximate surface area is 162 Å². The van der Waals surface area contributed by atoms with Crippen molar-refractivity contribution in [3.63, 3.8) is 0 Å². The van der Waals surface area contributed by atoms with Crippen LogP contribution in [0.1, 0.15) is 26.3 Å². The summed E-state index contributed by atoms with van der Waals surface area (Å²) in [7, 11) is 0. The van der Waals surface area contributed by atoms with Crippen LogP contribution >= 0.6 is 0 Å². The zero-order valence-corrected chi connectivity index (χ0v) is 15.5. The number of H-pyrrole nitrogens is 1. The number of hydrogen-bond donors (Lipinski definition) is 1. The molecule has 0 saturated carbocycles. The molecule has 0 spiro atoms. The highest BCUT2D eigenvalue weighted by molar-refractivity contribution is 6.09. The molecule has 2 heterocycles. The molecule has 3 aromatic rings. The largest absolute Gasteiger partial charge is 0.360 e. The molecule has 5 nitrogen and oxygen atoms in total. The molecule has 144 valence electrons. The standard InChI is InChI=1S/C22H22FN3O2/c23-18-6-4-16(5-7-18)8-9-25-10-12-26(13-11-25)22(28)20-3-1-2-19-17(15-27)14-24-21(19)20/h1-7,14-15,24H,8-13H2. The molecule has 0 radical (unpaired) electrons. The number of aromatic nitrogens is 1. The highest BCUT2D eigenvalue weighted by Crippen LogP contribution is 2.22. The lowest BCUT2D eigenvalue weighted by atomic mass is 10.1. The highest BCUT2D eigenvalue weighted by Gasteiger charge is 2.24. The summed E-state index contributed by atoms with van der Waals surface area (Å²) in [5.74, 6) is -0.226. The van der Waals surface area contributed by atoms with E-state index in [1.54, 1.807) is 12.3 Å². The quantitative estimate of drug-likeness (QED) is 0.693. The Morgan fingerprint density at radius 2 is 1.82 bits per heavy atom. The number of nitrogens with zero attached hydrogens (tertiary/aromatic N) is 2. The van der Waals surface area contributed by atoms with Gasteiger partial charge < -0.3 is 9.88 Å². The van der Waals surface area contributed by atoms with Crippen LogP contribution in [0.15, 0.2) is 48.7 Å². The Bertz CT molecular complexity index is 989. The van der Waals surface area contributed by atoms with E-state index in [-0.39, 0.29) is 11.7 Å². The van der Waals surface area contributed by atoms with Crippen molar-refractivity contribution in [3.05, 3.63) is 71.2 Å². The van der Waals surface area contributed by atoms with E-state index in [2.05, 4.69) is 9.88 Å². The van der Waals surface area contributed by atoms with Crippen LogP contribution < -0.4 is 0 Å². The molecule has 4 rings (SSSR count). The second kappa shape index (κ2) is 7.94. The maximum Gasteiger partial charge on any atom is 0.256 e. The Hall–Kier alpha value is -2.99. The number of fused-ring (bicyclic) bond motifs is 1. The van der Waals surface area contributed by atoms with E-state index in [4.69, 9.17) is 0 Å². The number of carbonyl (C=O) groups excluding carboxylic acids is 2. The number of para-hydroxylation sites is 1. The Kier molecular flexibility index (Phi) is 5.21. The Morgan fingerprint density at radius 3 is 2.54 bits per heavy atom. The molecule has 6 heteroatoms. The predicted octanol–water partition coefficient (Wildman–Crippen LogP) is 3.12. The van der Waals surface area contributed by atoms with Gasteiger partial charge in [0.25, 0.3) is 5.91 Å². The third-order valence-corrected chi connectivity index (χ3v) is 5.39. The first-order chi connectivity index (χ1) is 13.7. The van der Waals surface area contributed by atoms with E-state index in [9.17, 15) is 14.0 Å². The number of hydrogen-bond acceptors (Lipinski definition) is 3. The summed E-state index contributed by atoms with van der Waals surface area (Å²) >= 11 is 0. The fourth-order valence-corrected chi connectivity index (χ4v) is 3.73. The molecule has 1 amide bonds. The molecular weight excluding hydrogens is 357 g/mol. The number of benzene rings is 2. The zero-order chi connectivity index (χ0) is 19.5. The number of aromatic amines is 1. The molecular formula is C22H22FN3O2. The minimum atomic E-state index is -0.215. The van der Waals surface area contributed by atoms with Gasteiger partial charge in [-0.15, -0.1) is 0 Å². The van der Waals surface area contributed by atoms with Gasteiger partial charge >= 0.3 is 0 Å². The second-order valence-electron chi connectivity index (χ2n) is 7.10. The Morgan fingerprint density at radius 1 is 1.07 bits per heavy atom. The maximum atomic E-state index is 13.0. The molecule has 0 unspecified atom stereocenters. The first-order valence-electron chi connectivity index (χ1n) is 9.47. The van der Waals surface area contributed by atoms with Gasteiger partial charge in [-0.3, -0.25) is 14.5 Å². The average molecular weight is 379 g/mol. The van der Waals surface area contributed by atoms with E-state index in [0.29, 0.717) is 29.7 Å². The number of rotatable bonds is 5. The lowest BCUT2D eigenvalue weighted by Gasteiger charge is -2.34. The van der Waals surface area contributed by atoms with Crippen molar-refractivity contribution in [2.45, 2.75) is 6.42 Å². The highest BCUT2D eigenvalue weighted by atomic mass is 19.1. The Balaban J connectivity index is 1.37. The van der Waals surface area contributed by atoms with Crippen molar-refractivity contribution in [2.75, 3.05) is 32.7 Å². The molecule has 0 atom stereocenters. The summed E-state index contributed by atoms with van der Waals surface area (Å²) in [5.41, 5.74) is 3.00. The van der Waals surface area contributed by atoms with E-state index >= 15 is 0 Å². The van der Waals surface area contributed by atoms with E-state index < -0.39 is 0 Å². The van der Waals surface area contributed by atoms with Gasteiger partial charge in [-0.05, 0) is 30.2 Å². The third kappa shape index (κ3) is 3.68. The minimum Gasteiger partial charge on any atom is -0.360 e. The number of amides is 1. The van der Waals surface area contributed by atoms with Crippen molar-refractivity contribution in [1.82, 2.24) is 14.8 Å². The van der Waals surface area contributed by atoms with Gasteiger partial charge in [-0.25, -0.2) is 4.39 Å². The summed E-state index contributed by atoms with van der Waals surface area (Å²) < 4.78 is 13.0. The fourth-order valence-electron chi connectivity index (χ4n) is 3.73. The average Bonchev–Trinajstić information content (AvgIpc) is 3.16. The molecule has 1 saturated heterocycles. The molecule has 1 aliphatic rings. The van der Waals surface area contributed by atoms with E-state index in [1.807, 2.05) is 29.2 Å². The molecule has 1 aliphatic heterocycles. The molecule has 1 fully saturated rings. The summed E-state index contributed by atoms with van der Waals surface area (Å²) in [6, 6.07) is 12.1. The molecule has 0 bridgehead atoms. The first kappa shape index (κ1) is 18.4. The topological polar surface area (TPSA) is 56.4 Å². The summed E-state index contributed by atoms with van der Waals surface area (Å²) in [6.07, 6.45) is 3.30. The third-order valence-electron chi connectivity index (χ3n) is 5.39. The molecule has 1 aromatic heterocycles. The lowest BCUT2D eigenvalue weighted by molar-refractivity contribution is 0.0640. The van der Waals surface area contributed by atoms with Crippen LogP contribution in [0.3, 0.4) is 0 Å². The molecule has 2 aromatic carbocycles. The summed E-state index contributed by atoms with van der Waals surface area (Å²) in [5, 5.41) is 0.777. The van der Waals surface area contributed by atoms with Gasteiger partial charge in [0, 0.05) is 49.9 Å².